The highest BCUT2D eigenvalue weighted by Crippen LogP contribution is 2.24. The Bertz CT molecular complexity index is 490. The van der Waals surface area contributed by atoms with E-state index in [2.05, 4.69) is 5.32 Å². The van der Waals surface area contributed by atoms with Crippen molar-refractivity contribution in [3.05, 3.63) is 0 Å². The summed E-state index contributed by atoms with van der Waals surface area (Å²) in [5, 5.41) is 78.7. The van der Waals surface area contributed by atoms with E-state index >= 15 is 0 Å². The zero-order valence-electron chi connectivity index (χ0n) is 13.9. The van der Waals surface area contributed by atoms with Crippen molar-refractivity contribution in [3.8, 4) is 0 Å². The predicted octanol–water partition coefficient (Wildman–Crippen LogP) is -6.02. The van der Waals surface area contributed by atoms with Crippen molar-refractivity contribution in [3.63, 3.8) is 0 Å². The van der Waals surface area contributed by atoms with E-state index in [-0.39, 0.29) is 0 Å². The summed E-state index contributed by atoms with van der Waals surface area (Å²) in [6.45, 7) is -0.685. The molecule has 12 heteroatoms. The van der Waals surface area contributed by atoms with Crippen molar-refractivity contribution in [1.29, 1.82) is 0 Å². The number of aliphatic hydroxyl groups is 8. The fourth-order valence-electron chi connectivity index (χ4n) is 2.61. The van der Waals surface area contributed by atoms with Gasteiger partial charge in [0.25, 0.3) is 0 Å². The van der Waals surface area contributed by atoms with E-state index in [9.17, 15) is 45.3 Å². The van der Waals surface area contributed by atoms with Crippen molar-refractivity contribution in [1.82, 2.24) is 5.32 Å². The third-order valence-corrected chi connectivity index (χ3v) is 4.12. The van der Waals surface area contributed by atoms with E-state index in [0.717, 1.165) is 6.92 Å². The number of ether oxygens (including phenoxy) is 1. The lowest BCUT2D eigenvalue weighted by Crippen LogP contribution is -2.67. The molecule has 0 aromatic rings. The van der Waals surface area contributed by atoms with Crippen LogP contribution in [-0.2, 0) is 14.3 Å². The molecule has 0 aliphatic carbocycles. The Morgan fingerprint density at radius 3 is 2.08 bits per heavy atom. The van der Waals surface area contributed by atoms with Crippen LogP contribution in [0.1, 0.15) is 6.92 Å². The van der Waals surface area contributed by atoms with Crippen molar-refractivity contribution >= 4 is 11.7 Å². The molecule has 1 unspecified atom stereocenters. The molecule has 1 heterocycles. The number of hydrogen-bond acceptors (Lipinski definition) is 11. The Kier molecular flexibility index (Phi) is 8.46. The molecule has 1 rings (SSSR count). The minimum absolute atomic E-state index is 0.698. The van der Waals surface area contributed by atoms with Crippen molar-refractivity contribution in [2.75, 3.05) is 13.2 Å². The molecule has 1 saturated heterocycles. The molecule has 9 atom stereocenters. The van der Waals surface area contributed by atoms with Crippen LogP contribution in [0.15, 0.2) is 0 Å². The predicted molar refractivity (Wildman–Crippen MR) is 81.5 cm³/mol. The largest absolute Gasteiger partial charge is 0.394 e. The highest BCUT2D eigenvalue weighted by atomic mass is 16.5. The Balaban J connectivity index is 3.04. The molecule has 1 aliphatic rings. The van der Waals surface area contributed by atoms with Gasteiger partial charge in [-0.3, -0.25) is 9.59 Å². The molecule has 0 radical (unpaired) electrons. The number of nitrogens with one attached hydrogen (secondary N) is 1. The molecule has 1 amide bonds. The van der Waals surface area contributed by atoms with Gasteiger partial charge in [-0.2, -0.15) is 0 Å². The van der Waals surface area contributed by atoms with Gasteiger partial charge in [0.2, 0.25) is 5.91 Å². The average molecular weight is 383 g/mol. The smallest absolute Gasteiger partial charge is 0.217 e. The van der Waals surface area contributed by atoms with Crippen LogP contribution in [0.3, 0.4) is 0 Å². The summed E-state index contributed by atoms with van der Waals surface area (Å²) >= 11 is 0. The summed E-state index contributed by atoms with van der Waals surface area (Å²) < 4.78 is 5.14. The fraction of sp³-hybridized carbons (Fsp3) is 0.857. The lowest BCUT2D eigenvalue weighted by Gasteiger charge is -2.42. The number of rotatable bonds is 8. The van der Waals surface area contributed by atoms with E-state index in [0.29, 0.717) is 0 Å². The van der Waals surface area contributed by atoms with E-state index in [1.807, 2.05) is 0 Å². The van der Waals surface area contributed by atoms with Crippen LogP contribution in [0.2, 0.25) is 0 Å². The summed E-state index contributed by atoms with van der Waals surface area (Å²) in [5.41, 5.74) is 0. The first-order valence-corrected chi connectivity index (χ1v) is 7.83. The van der Waals surface area contributed by atoms with E-state index in [1.54, 1.807) is 0 Å². The van der Waals surface area contributed by atoms with Gasteiger partial charge in [-0.15, -0.1) is 0 Å². The first-order valence-electron chi connectivity index (χ1n) is 7.83. The van der Waals surface area contributed by atoms with Crippen LogP contribution in [0, 0.1) is 0 Å². The summed E-state index contributed by atoms with van der Waals surface area (Å²) in [4.78, 5) is 23.7. The second kappa shape index (κ2) is 9.64. The number of Topliss-reactive ketones (excluding diaryl/α,β-unsaturated/α-hetero) is 1. The second-order valence-electron chi connectivity index (χ2n) is 6.06. The Labute approximate surface area is 148 Å². The van der Waals surface area contributed by atoms with E-state index < -0.39 is 79.8 Å². The minimum Gasteiger partial charge on any atom is -0.394 e. The zero-order chi connectivity index (χ0) is 20.2. The number of carbonyl (C=O) groups is 2. The molecule has 26 heavy (non-hydrogen) atoms. The summed E-state index contributed by atoms with van der Waals surface area (Å²) in [6.07, 6.45) is -15.0. The third-order valence-electron chi connectivity index (χ3n) is 4.12. The van der Waals surface area contributed by atoms with Gasteiger partial charge in [0.1, 0.15) is 48.8 Å². The highest BCUT2D eigenvalue weighted by Gasteiger charge is 2.50. The molecule has 0 saturated carbocycles. The quantitative estimate of drug-likeness (QED) is 0.192. The highest BCUT2D eigenvalue weighted by molar-refractivity contribution is 5.89. The van der Waals surface area contributed by atoms with Gasteiger partial charge in [-0.05, 0) is 0 Å². The van der Waals surface area contributed by atoms with Gasteiger partial charge in [-0.1, -0.05) is 0 Å². The molecule has 1 aliphatic heterocycles. The molecule has 0 spiro atoms. The van der Waals surface area contributed by atoms with Gasteiger partial charge in [0, 0.05) is 6.92 Å². The van der Waals surface area contributed by atoms with Gasteiger partial charge in [0.15, 0.2) is 5.78 Å². The van der Waals surface area contributed by atoms with E-state index in [1.165, 1.54) is 0 Å². The number of hydrogen-bond donors (Lipinski definition) is 9. The summed E-state index contributed by atoms with van der Waals surface area (Å²) in [6, 6.07) is -1.51. The molecule has 0 bridgehead atoms. The van der Waals surface area contributed by atoms with Crippen LogP contribution in [0.5, 0.6) is 0 Å². The van der Waals surface area contributed by atoms with Crippen molar-refractivity contribution in [2.24, 2.45) is 0 Å². The average Bonchev–Trinajstić information content (AvgIpc) is 2.62. The molecule has 9 N–H and O–H groups in total. The van der Waals surface area contributed by atoms with Crippen LogP contribution in [0.4, 0.5) is 0 Å². The topological polar surface area (TPSA) is 217 Å². The number of amides is 1. The standard InChI is InChI=1S/C14H25NO11/c1-4(18)15-7-10(22)9(21)6(3-17)26-14(7)13(25)12(24)11(23)8(20)5(19)2-16/h5-12,14,16-17,19-24H,2-3H2,1H3,(H,15,18)/t5-,6-,7-,8-,9-,10-,11+,12-,14?/m1/s1. The normalized spacial score (nSPS) is 33.8. The first kappa shape index (κ1) is 22.8. The molecular weight excluding hydrogens is 358 g/mol. The first-order chi connectivity index (χ1) is 12.1. The number of aliphatic hydroxyl groups excluding tert-OH is 8. The zero-order valence-corrected chi connectivity index (χ0v) is 13.9. The van der Waals surface area contributed by atoms with Crippen LogP contribution in [-0.4, -0.2) is 121 Å². The van der Waals surface area contributed by atoms with Crippen LogP contribution >= 0.6 is 0 Å². The van der Waals surface area contributed by atoms with Gasteiger partial charge >= 0.3 is 0 Å². The summed E-state index contributed by atoms with van der Waals surface area (Å²) in [7, 11) is 0. The van der Waals surface area contributed by atoms with Gasteiger partial charge in [0.05, 0.1) is 19.3 Å². The fourth-order valence-corrected chi connectivity index (χ4v) is 2.61. The molecule has 1 fully saturated rings. The monoisotopic (exact) mass is 383 g/mol. The molecule has 0 aromatic heterocycles. The van der Waals surface area contributed by atoms with Gasteiger partial charge in [-0.25, -0.2) is 0 Å². The maximum atomic E-state index is 12.4. The Morgan fingerprint density at radius 2 is 1.62 bits per heavy atom. The SMILES string of the molecule is CC(=O)N[C@H]1C(C(=O)[C@H](O)[C@@H](O)[C@H](O)[C@H](O)CO)O[C@H](CO)[C@@H](O)[C@@H]1O. The van der Waals surface area contributed by atoms with Crippen LogP contribution < -0.4 is 5.32 Å². The second-order valence-corrected chi connectivity index (χ2v) is 6.06. The minimum atomic E-state index is -2.32. The molecule has 152 valence electrons. The lowest BCUT2D eigenvalue weighted by molar-refractivity contribution is -0.204. The Morgan fingerprint density at radius 1 is 1.04 bits per heavy atom. The summed E-state index contributed by atoms with van der Waals surface area (Å²) in [5.74, 6) is -1.99. The maximum absolute atomic E-state index is 12.4. The van der Waals surface area contributed by atoms with Crippen molar-refractivity contribution < 1.29 is 55.2 Å². The molecule has 12 nitrogen and oxygen atoms in total. The van der Waals surface area contributed by atoms with Crippen LogP contribution in [0.25, 0.3) is 0 Å². The number of carbonyl (C=O) groups excluding carboxylic acids is 2. The number of ketones is 1. The van der Waals surface area contributed by atoms with E-state index in [4.69, 9.17) is 9.84 Å². The molecule has 0 aromatic carbocycles. The molecular formula is C14H25NO11. The Hall–Kier alpha value is -1.22. The third kappa shape index (κ3) is 4.94. The van der Waals surface area contributed by atoms with Gasteiger partial charge < -0.3 is 50.9 Å². The maximum Gasteiger partial charge on any atom is 0.217 e. The van der Waals surface area contributed by atoms with Crippen molar-refractivity contribution in [2.45, 2.75) is 61.8 Å². The lowest BCUT2D eigenvalue weighted by atomic mass is 9.87.